The smallest absolute Gasteiger partial charge is 0.311 e. The molecule has 25 heavy (non-hydrogen) atoms. The molecule has 0 fully saturated rings. The standard InChI is InChI=1S/C20H19NO4/c1-3-5-19(23)25-18-7-4-6-13(12-22)20(18)17-11-14-10-15(24-2)8-9-16(14)21-17/h4,6-12,21H,3,5H2,1-2H3. The van der Waals surface area contributed by atoms with E-state index in [1.54, 1.807) is 25.3 Å². The lowest BCUT2D eigenvalue weighted by Gasteiger charge is -2.11. The van der Waals surface area contributed by atoms with Crippen molar-refractivity contribution in [2.75, 3.05) is 7.11 Å². The van der Waals surface area contributed by atoms with Gasteiger partial charge in [0, 0.05) is 22.9 Å². The second-order valence-electron chi connectivity index (χ2n) is 5.70. The van der Waals surface area contributed by atoms with Gasteiger partial charge in [0.25, 0.3) is 0 Å². The summed E-state index contributed by atoms with van der Waals surface area (Å²) in [4.78, 5) is 26.7. The third-order valence-electron chi connectivity index (χ3n) is 3.96. The number of aromatic nitrogens is 1. The van der Waals surface area contributed by atoms with Gasteiger partial charge < -0.3 is 14.5 Å². The number of carbonyl (C=O) groups excluding carboxylic acids is 2. The Morgan fingerprint density at radius 2 is 2.04 bits per heavy atom. The average molecular weight is 337 g/mol. The number of methoxy groups -OCH3 is 1. The van der Waals surface area contributed by atoms with Gasteiger partial charge in [0.2, 0.25) is 0 Å². The van der Waals surface area contributed by atoms with E-state index in [0.717, 1.165) is 22.9 Å². The van der Waals surface area contributed by atoms with Crippen molar-refractivity contribution in [1.82, 2.24) is 4.98 Å². The quantitative estimate of drug-likeness (QED) is 0.412. The number of hydrogen-bond donors (Lipinski definition) is 1. The van der Waals surface area contributed by atoms with E-state index in [1.165, 1.54) is 0 Å². The van der Waals surface area contributed by atoms with Crippen molar-refractivity contribution in [2.45, 2.75) is 19.8 Å². The molecule has 5 nitrogen and oxygen atoms in total. The number of esters is 1. The van der Waals surface area contributed by atoms with E-state index in [4.69, 9.17) is 9.47 Å². The van der Waals surface area contributed by atoms with Gasteiger partial charge in [0.15, 0.2) is 6.29 Å². The molecule has 0 aliphatic rings. The molecule has 1 N–H and O–H groups in total. The third kappa shape index (κ3) is 3.40. The fraction of sp³-hybridized carbons (Fsp3) is 0.200. The number of carbonyl (C=O) groups is 2. The molecule has 0 radical (unpaired) electrons. The van der Waals surface area contributed by atoms with Gasteiger partial charge in [-0.2, -0.15) is 0 Å². The van der Waals surface area contributed by atoms with E-state index in [1.807, 2.05) is 31.2 Å². The Labute approximate surface area is 145 Å². The van der Waals surface area contributed by atoms with Crippen LogP contribution in [0.25, 0.3) is 22.2 Å². The van der Waals surface area contributed by atoms with E-state index < -0.39 is 0 Å². The van der Waals surface area contributed by atoms with Gasteiger partial charge in [-0.05, 0) is 36.8 Å². The summed E-state index contributed by atoms with van der Waals surface area (Å²) < 4.78 is 10.7. The van der Waals surface area contributed by atoms with Gasteiger partial charge in [0.05, 0.1) is 18.4 Å². The van der Waals surface area contributed by atoms with Crippen LogP contribution in [0.5, 0.6) is 11.5 Å². The van der Waals surface area contributed by atoms with Gasteiger partial charge >= 0.3 is 5.97 Å². The summed E-state index contributed by atoms with van der Waals surface area (Å²) in [5.41, 5.74) is 2.66. The number of benzene rings is 2. The van der Waals surface area contributed by atoms with Crippen LogP contribution in [0.3, 0.4) is 0 Å². The molecular weight excluding hydrogens is 318 g/mol. The van der Waals surface area contributed by atoms with E-state index in [0.29, 0.717) is 35.4 Å². The molecule has 0 spiro atoms. The fourth-order valence-electron chi connectivity index (χ4n) is 2.77. The van der Waals surface area contributed by atoms with Crippen molar-refractivity contribution in [1.29, 1.82) is 0 Å². The zero-order chi connectivity index (χ0) is 17.8. The molecular formula is C20H19NO4. The maximum atomic E-state index is 11.9. The molecule has 0 atom stereocenters. The van der Waals surface area contributed by atoms with Crippen molar-refractivity contribution < 1.29 is 19.1 Å². The SMILES string of the molecule is CCCC(=O)Oc1cccc(C=O)c1-c1cc2cc(OC)ccc2[nH]1. The van der Waals surface area contributed by atoms with Crippen molar-refractivity contribution in [2.24, 2.45) is 0 Å². The van der Waals surface area contributed by atoms with E-state index in [2.05, 4.69) is 4.98 Å². The highest BCUT2D eigenvalue weighted by Gasteiger charge is 2.16. The predicted octanol–water partition coefficient (Wildman–Crippen LogP) is 4.36. The zero-order valence-corrected chi connectivity index (χ0v) is 14.2. The van der Waals surface area contributed by atoms with E-state index in [9.17, 15) is 9.59 Å². The molecule has 3 aromatic rings. The zero-order valence-electron chi connectivity index (χ0n) is 14.2. The van der Waals surface area contributed by atoms with E-state index in [-0.39, 0.29) is 5.97 Å². The van der Waals surface area contributed by atoms with Crippen molar-refractivity contribution in [3.05, 3.63) is 48.0 Å². The summed E-state index contributed by atoms with van der Waals surface area (Å²) in [5, 5.41) is 0.945. The van der Waals surface area contributed by atoms with Crippen LogP contribution < -0.4 is 9.47 Å². The Kier molecular flexibility index (Phi) is 4.84. The first-order valence-electron chi connectivity index (χ1n) is 8.12. The molecule has 1 heterocycles. The van der Waals surface area contributed by atoms with Gasteiger partial charge in [0.1, 0.15) is 11.5 Å². The van der Waals surface area contributed by atoms with Crippen LogP contribution in [0.1, 0.15) is 30.1 Å². The Hall–Kier alpha value is -3.08. The summed E-state index contributed by atoms with van der Waals surface area (Å²) in [7, 11) is 1.61. The molecule has 0 aliphatic heterocycles. The van der Waals surface area contributed by atoms with Crippen molar-refractivity contribution in [3.63, 3.8) is 0 Å². The minimum atomic E-state index is -0.315. The third-order valence-corrected chi connectivity index (χ3v) is 3.96. The second kappa shape index (κ2) is 7.21. The molecule has 128 valence electrons. The minimum absolute atomic E-state index is 0.315. The molecule has 3 rings (SSSR count). The highest BCUT2D eigenvalue weighted by atomic mass is 16.5. The number of fused-ring (bicyclic) bond motifs is 1. The molecule has 0 saturated heterocycles. The van der Waals surface area contributed by atoms with Gasteiger partial charge in [-0.15, -0.1) is 0 Å². The highest BCUT2D eigenvalue weighted by molar-refractivity contribution is 5.95. The summed E-state index contributed by atoms with van der Waals surface area (Å²) in [6.45, 7) is 1.91. The topological polar surface area (TPSA) is 68.4 Å². The minimum Gasteiger partial charge on any atom is -0.497 e. The molecule has 1 aromatic heterocycles. The lowest BCUT2D eigenvalue weighted by Crippen LogP contribution is -2.08. The van der Waals surface area contributed by atoms with Crippen LogP contribution >= 0.6 is 0 Å². The summed E-state index contributed by atoms with van der Waals surface area (Å²) in [5.74, 6) is 0.808. The van der Waals surface area contributed by atoms with Crippen LogP contribution in [-0.2, 0) is 4.79 Å². The average Bonchev–Trinajstić information content (AvgIpc) is 3.04. The van der Waals surface area contributed by atoms with Crippen LogP contribution in [0.15, 0.2) is 42.5 Å². The number of rotatable bonds is 6. The summed E-state index contributed by atoms with van der Waals surface area (Å²) in [6.07, 6.45) is 1.79. The lowest BCUT2D eigenvalue weighted by atomic mass is 10.0. The first kappa shape index (κ1) is 16.8. The number of nitrogens with one attached hydrogen (secondary N) is 1. The lowest BCUT2D eigenvalue weighted by molar-refractivity contribution is -0.134. The fourth-order valence-corrected chi connectivity index (χ4v) is 2.77. The van der Waals surface area contributed by atoms with E-state index >= 15 is 0 Å². The molecule has 0 aliphatic carbocycles. The maximum absolute atomic E-state index is 11.9. The molecule has 0 amide bonds. The van der Waals surface area contributed by atoms with Crippen LogP contribution in [-0.4, -0.2) is 24.3 Å². The molecule has 0 unspecified atom stereocenters. The summed E-state index contributed by atoms with van der Waals surface area (Å²) >= 11 is 0. The van der Waals surface area contributed by atoms with Gasteiger partial charge in [-0.25, -0.2) is 0 Å². The number of ether oxygens (including phenoxy) is 2. The van der Waals surface area contributed by atoms with Gasteiger partial charge in [-0.3, -0.25) is 9.59 Å². The number of hydrogen-bond acceptors (Lipinski definition) is 4. The second-order valence-corrected chi connectivity index (χ2v) is 5.70. The van der Waals surface area contributed by atoms with Crippen LogP contribution in [0.2, 0.25) is 0 Å². The van der Waals surface area contributed by atoms with Gasteiger partial charge in [-0.1, -0.05) is 19.1 Å². The molecule has 0 saturated carbocycles. The Bertz CT molecular complexity index is 927. The number of aromatic amines is 1. The number of H-pyrrole nitrogens is 1. The van der Waals surface area contributed by atoms with Crippen molar-refractivity contribution in [3.8, 4) is 22.8 Å². The monoisotopic (exact) mass is 337 g/mol. The van der Waals surface area contributed by atoms with Crippen LogP contribution in [0.4, 0.5) is 0 Å². The predicted molar refractivity (Wildman–Crippen MR) is 96.2 cm³/mol. The normalized spacial score (nSPS) is 10.6. The largest absolute Gasteiger partial charge is 0.497 e. The first-order valence-corrected chi connectivity index (χ1v) is 8.12. The Balaban J connectivity index is 2.11. The Morgan fingerprint density at radius 1 is 1.20 bits per heavy atom. The Morgan fingerprint density at radius 3 is 2.76 bits per heavy atom. The van der Waals surface area contributed by atoms with Crippen LogP contribution in [0, 0.1) is 0 Å². The van der Waals surface area contributed by atoms with Crippen molar-refractivity contribution >= 4 is 23.2 Å². The molecule has 5 heteroatoms. The maximum Gasteiger partial charge on any atom is 0.311 e. The number of aldehydes is 1. The molecule has 2 aromatic carbocycles. The molecule has 0 bridgehead atoms. The summed E-state index contributed by atoms with van der Waals surface area (Å²) in [6, 6.07) is 12.7. The highest BCUT2D eigenvalue weighted by Crippen LogP contribution is 2.35. The first-order chi connectivity index (χ1) is 12.2.